The number of hydrogen-bond acceptors (Lipinski definition) is 2. The molecule has 0 heterocycles. The van der Waals surface area contributed by atoms with Crippen LogP contribution in [0, 0.1) is 0 Å². The van der Waals surface area contributed by atoms with Crippen LogP contribution in [0.3, 0.4) is 0 Å². The van der Waals surface area contributed by atoms with Crippen LogP contribution < -0.4 is 0 Å². The highest BCUT2D eigenvalue weighted by Crippen LogP contribution is 2.26. The van der Waals surface area contributed by atoms with Crippen molar-refractivity contribution in [2.45, 2.75) is 36.4 Å². The lowest BCUT2D eigenvalue weighted by Gasteiger charge is -2.01. The number of hydrogen-bond donors (Lipinski definition) is 0. The predicted molar refractivity (Wildman–Crippen MR) is 161 cm³/mol. The van der Waals surface area contributed by atoms with Gasteiger partial charge >= 0.3 is 0 Å². The van der Waals surface area contributed by atoms with Crippen molar-refractivity contribution in [3.05, 3.63) is 0 Å². The van der Waals surface area contributed by atoms with E-state index in [-0.39, 0.29) is 11.6 Å². The average Bonchev–Trinajstić information content (AvgIpc) is 2.34. The van der Waals surface area contributed by atoms with Gasteiger partial charge in [0, 0.05) is 0 Å². The standard InChI is InChI=1S/C3H3Cl3O.C3H4Cl2O.CHBr3.CHBr2Cl.CHBrCl2.CHCl3/c1-2(7)3(4,5)6;1-2(6)3(4)5;4*2-1(3)4/h1H3;3H,1H3;4*1H. The Kier molecular flexibility index (Phi) is 54.8. The molecule has 182 valence electrons. The Balaban J connectivity index is -0.0000000558. The van der Waals surface area contributed by atoms with Crippen molar-refractivity contribution in [1.29, 1.82) is 0 Å². The van der Waals surface area contributed by atoms with E-state index in [1.807, 2.05) is 0 Å². The fraction of sp³-hybridized carbons (Fsp3) is 0.800. The zero-order chi connectivity index (χ0) is 25.5. The third kappa shape index (κ3) is 139. The van der Waals surface area contributed by atoms with Crippen LogP contribution in [0.5, 0.6) is 0 Å². The summed E-state index contributed by atoms with van der Waals surface area (Å²) < 4.78 is -2.68. The van der Waals surface area contributed by atoms with E-state index < -0.39 is 22.5 Å². The van der Waals surface area contributed by atoms with E-state index in [0.29, 0.717) is 0 Å². The summed E-state index contributed by atoms with van der Waals surface area (Å²) >= 11 is 72.7. The van der Waals surface area contributed by atoms with Gasteiger partial charge in [-0.3, -0.25) is 9.59 Å². The first-order valence-corrected chi connectivity index (χ1v) is 15.7. The van der Waals surface area contributed by atoms with Gasteiger partial charge in [0.15, 0.2) is 24.4 Å². The zero-order valence-electron chi connectivity index (χ0n) is 13.6. The molecule has 0 unspecified atom stereocenters. The predicted octanol–water partition coefficient (Wildman–Crippen LogP) is 12.2. The average molecular weight is 1030 g/mol. The monoisotopic (exact) mass is 1020 g/mol. The third-order valence-corrected chi connectivity index (χ3v) is 2.12. The zero-order valence-corrected chi connectivity index (χ0v) is 31.5. The van der Waals surface area contributed by atoms with Crippen LogP contribution in [0.2, 0.25) is 0 Å². The molecule has 0 amide bonds. The molecule has 2 nitrogen and oxygen atoms in total. The maximum Gasteiger partial charge on any atom is 0.248 e. The molecule has 0 saturated heterocycles. The van der Waals surface area contributed by atoms with Gasteiger partial charge in [-0.2, -0.15) is 0 Å². The van der Waals surface area contributed by atoms with Crippen LogP contribution in [0.25, 0.3) is 0 Å². The van der Waals surface area contributed by atoms with E-state index in [2.05, 4.69) is 95.6 Å². The molecule has 0 aliphatic rings. The smallest absolute Gasteiger partial charge is 0.248 e. The van der Waals surface area contributed by atoms with Gasteiger partial charge in [0.25, 0.3) is 0 Å². The SMILES string of the molecule is BrC(Br)Br.CC(=O)C(Cl)(Cl)Cl.CC(=O)C(Cl)Cl.ClC(Br)Br.ClC(Cl)Br.ClC(Cl)Cl. The molecule has 29 heavy (non-hydrogen) atoms. The van der Waals surface area contributed by atoms with Crippen LogP contribution in [0.15, 0.2) is 0 Å². The minimum absolute atomic E-state index is 0.0694. The highest BCUT2D eigenvalue weighted by Gasteiger charge is 2.25. The second-order valence-electron chi connectivity index (χ2n) is 2.96. The second-order valence-corrected chi connectivity index (χ2v) is 22.4. The van der Waals surface area contributed by atoms with Crippen LogP contribution in [0.4, 0.5) is 0 Å². The lowest BCUT2D eigenvalue weighted by atomic mass is 10.5. The summed E-state index contributed by atoms with van der Waals surface area (Å²) in [6.07, 6.45) is 0. The Morgan fingerprint density at radius 1 is 0.690 bits per heavy atom. The Hall–Kier alpha value is 5.41. The van der Waals surface area contributed by atoms with E-state index in [0.717, 1.165) is 0 Å². The highest BCUT2D eigenvalue weighted by atomic mass is 80.0. The molecule has 0 radical (unpaired) electrons. The number of carbonyl (C=O) groups is 2. The molecule has 0 N–H and O–H groups in total. The van der Waals surface area contributed by atoms with Gasteiger partial charge in [-0.05, 0) is 13.8 Å². The van der Waals surface area contributed by atoms with Crippen molar-refractivity contribution in [2.75, 3.05) is 0 Å². The minimum Gasteiger partial charge on any atom is -0.297 e. The van der Waals surface area contributed by atoms with Gasteiger partial charge in [0.05, 0.1) is 0 Å². The van der Waals surface area contributed by atoms with Crippen LogP contribution in [-0.2, 0) is 9.59 Å². The van der Waals surface area contributed by atoms with Gasteiger partial charge in [-0.1, -0.05) is 223 Å². The van der Waals surface area contributed by atoms with Gasteiger partial charge in [-0.15, -0.1) is 0 Å². The van der Waals surface area contributed by atoms with E-state index in [1.165, 1.54) is 13.8 Å². The molecule has 0 fully saturated rings. The molecular formula is C10H11Br6Cl11O2. The maximum atomic E-state index is 10.1. The Bertz CT molecular complexity index is 322. The molecule has 0 spiro atoms. The number of rotatable bonds is 1. The fourth-order valence-corrected chi connectivity index (χ4v) is 0. The molecule has 0 bridgehead atoms. The van der Waals surface area contributed by atoms with Crippen molar-refractivity contribution >= 4 is 235 Å². The number of carbonyl (C=O) groups excluding carboxylic acids is 2. The fourth-order valence-electron chi connectivity index (χ4n) is 0. The number of Topliss-reactive ketones (excluding diaryl/α,β-unsaturated/α-hetero) is 2. The van der Waals surface area contributed by atoms with E-state index in [9.17, 15) is 9.59 Å². The Morgan fingerprint density at radius 3 is 0.759 bits per heavy atom. The van der Waals surface area contributed by atoms with Crippen molar-refractivity contribution in [2.24, 2.45) is 0 Å². The van der Waals surface area contributed by atoms with E-state index >= 15 is 0 Å². The Labute approximate surface area is 276 Å². The van der Waals surface area contributed by atoms with Crippen LogP contribution >= 0.6 is 223 Å². The normalized spacial score (nSPS) is 9.66. The summed E-state index contributed by atoms with van der Waals surface area (Å²) in [4.78, 5) is 19.1. The van der Waals surface area contributed by atoms with Crippen molar-refractivity contribution in [3.63, 3.8) is 0 Å². The molecule has 0 aromatic carbocycles. The topological polar surface area (TPSA) is 34.1 Å². The summed E-state index contributed by atoms with van der Waals surface area (Å²) in [5.41, 5.74) is 0. The first-order chi connectivity index (χ1) is 12.5. The summed E-state index contributed by atoms with van der Waals surface area (Å²) in [5.74, 6) is -0.671. The van der Waals surface area contributed by atoms with Gasteiger partial charge in [-0.25, -0.2) is 0 Å². The summed E-state index contributed by atoms with van der Waals surface area (Å²) in [5, 5.41) is 0. The maximum absolute atomic E-state index is 10.1. The molecular weight excluding hydrogens is 1020 g/mol. The first-order valence-electron chi connectivity index (χ1n) is 5.57. The molecule has 0 aliphatic heterocycles. The quantitative estimate of drug-likeness (QED) is 0.245. The second kappa shape index (κ2) is 33.4. The van der Waals surface area contributed by atoms with Gasteiger partial charge in [0.1, 0.15) is 5.84 Å². The minimum atomic E-state index is -1.72. The highest BCUT2D eigenvalue weighted by molar-refractivity contribution is 9.38. The number of alkyl halides is 17. The third-order valence-electron chi connectivity index (χ3n) is 0.707. The lowest BCUT2D eigenvalue weighted by molar-refractivity contribution is -0.116. The van der Waals surface area contributed by atoms with Crippen molar-refractivity contribution in [1.82, 2.24) is 0 Å². The molecule has 0 aliphatic carbocycles. The molecule has 0 saturated carbocycles. The lowest BCUT2D eigenvalue weighted by Crippen LogP contribution is -2.13. The van der Waals surface area contributed by atoms with E-state index in [1.54, 1.807) is 0 Å². The Morgan fingerprint density at radius 2 is 0.759 bits per heavy atom. The van der Waals surface area contributed by atoms with Crippen molar-refractivity contribution < 1.29 is 9.59 Å². The largest absolute Gasteiger partial charge is 0.297 e. The summed E-state index contributed by atoms with van der Waals surface area (Å²) in [6.45, 7) is 2.55. The molecule has 0 aromatic heterocycles. The van der Waals surface area contributed by atoms with Crippen LogP contribution in [0.1, 0.15) is 13.8 Å². The molecule has 0 aromatic rings. The number of ketones is 2. The van der Waals surface area contributed by atoms with Crippen molar-refractivity contribution in [3.8, 4) is 0 Å². The van der Waals surface area contributed by atoms with Crippen LogP contribution in [-0.4, -0.2) is 34.1 Å². The molecule has 0 rings (SSSR count). The van der Waals surface area contributed by atoms with Gasteiger partial charge in [0.2, 0.25) is 3.79 Å². The number of halogens is 17. The summed E-state index contributed by atoms with van der Waals surface area (Å²) in [6, 6.07) is 0. The molecule has 19 heteroatoms. The summed E-state index contributed by atoms with van der Waals surface area (Å²) in [7, 11) is 0. The van der Waals surface area contributed by atoms with Gasteiger partial charge < -0.3 is 0 Å². The van der Waals surface area contributed by atoms with E-state index in [4.69, 9.17) is 128 Å². The first kappa shape index (κ1) is 47.6. The molecule has 0 atom stereocenters.